The Morgan fingerprint density at radius 3 is 2.65 bits per heavy atom. The second kappa shape index (κ2) is 6.11. The monoisotopic (exact) mass is 335 g/mol. The summed E-state index contributed by atoms with van der Waals surface area (Å²) in [5.74, 6) is -0.640. The van der Waals surface area contributed by atoms with E-state index in [1.807, 2.05) is 6.92 Å². The minimum Gasteiger partial charge on any atom is -0.481 e. The Morgan fingerprint density at radius 1 is 1.35 bits per heavy atom. The molecule has 0 bridgehead atoms. The molecule has 7 nitrogen and oxygen atoms in total. The maximum absolute atomic E-state index is 11.9. The summed E-state index contributed by atoms with van der Waals surface area (Å²) in [6.07, 6.45) is 2.67. The molecule has 0 spiro atoms. The fraction of sp³-hybridized carbons (Fsp3) is 0.467. The van der Waals surface area contributed by atoms with Gasteiger partial charge in [-0.2, -0.15) is 0 Å². The minimum absolute atomic E-state index is 0.294. The van der Waals surface area contributed by atoms with Crippen LogP contribution in [0.2, 0.25) is 0 Å². The molecular formula is C15H17N3O4S. The molecule has 0 amide bonds. The Balaban J connectivity index is 1.97. The normalized spacial score (nSPS) is 15.8. The molecule has 2 aromatic heterocycles. The van der Waals surface area contributed by atoms with E-state index >= 15 is 0 Å². The number of rotatable bonds is 3. The van der Waals surface area contributed by atoms with Crippen molar-refractivity contribution in [2.45, 2.75) is 19.8 Å². The summed E-state index contributed by atoms with van der Waals surface area (Å²) in [4.78, 5) is 34.9. The van der Waals surface area contributed by atoms with Crippen LogP contribution < -0.4 is 4.90 Å². The molecule has 1 N–H and O–H groups in total. The highest BCUT2D eigenvalue weighted by Crippen LogP contribution is 2.36. The molecule has 23 heavy (non-hydrogen) atoms. The highest BCUT2D eigenvalue weighted by Gasteiger charge is 2.28. The van der Waals surface area contributed by atoms with Gasteiger partial charge in [0.05, 0.1) is 18.4 Å². The van der Waals surface area contributed by atoms with Crippen LogP contribution in [0.4, 0.5) is 5.82 Å². The molecule has 0 aromatic carbocycles. The largest absolute Gasteiger partial charge is 0.481 e. The smallest absolute Gasteiger partial charge is 0.348 e. The summed E-state index contributed by atoms with van der Waals surface area (Å²) in [6.45, 7) is 3.12. The van der Waals surface area contributed by atoms with Crippen LogP contribution in [0.1, 0.15) is 28.1 Å². The molecule has 122 valence electrons. The fourth-order valence-corrected chi connectivity index (χ4v) is 3.98. The first-order chi connectivity index (χ1) is 11.0. The first-order valence-electron chi connectivity index (χ1n) is 7.33. The summed E-state index contributed by atoms with van der Waals surface area (Å²) in [5.41, 5.74) is 0.813. The number of piperidine rings is 1. The summed E-state index contributed by atoms with van der Waals surface area (Å²) in [5, 5.41) is 9.96. The summed E-state index contributed by atoms with van der Waals surface area (Å²) >= 11 is 1.29. The summed E-state index contributed by atoms with van der Waals surface area (Å²) in [7, 11) is 1.36. The average Bonchev–Trinajstić information content (AvgIpc) is 2.91. The topological polar surface area (TPSA) is 92.6 Å². The molecule has 0 aliphatic carbocycles. The predicted octanol–water partition coefficient (Wildman–Crippen LogP) is 2.09. The number of carboxylic acids is 1. The zero-order chi connectivity index (χ0) is 16.6. The second-order valence-corrected chi connectivity index (χ2v) is 6.52. The SMILES string of the molecule is COC(=O)c1sc2ncnc(N3CCC(C(=O)O)CC3)c2c1C. The lowest BCUT2D eigenvalue weighted by Gasteiger charge is -2.31. The number of esters is 1. The van der Waals surface area contributed by atoms with Gasteiger partial charge in [-0.3, -0.25) is 4.79 Å². The minimum atomic E-state index is -0.739. The number of aromatic nitrogens is 2. The maximum Gasteiger partial charge on any atom is 0.348 e. The molecule has 8 heteroatoms. The van der Waals surface area contributed by atoms with Crippen LogP contribution in [-0.4, -0.2) is 47.2 Å². The van der Waals surface area contributed by atoms with Crippen LogP contribution in [0.5, 0.6) is 0 Å². The number of hydrogen-bond acceptors (Lipinski definition) is 7. The van der Waals surface area contributed by atoms with E-state index in [0.717, 1.165) is 21.6 Å². The van der Waals surface area contributed by atoms with Gasteiger partial charge in [0.1, 0.15) is 21.9 Å². The van der Waals surface area contributed by atoms with Gasteiger partial charge in [0.15, 0.2) is 0 Å². The van der Waals surface area contributed by atoms with Crippen LogP contribution in [0.3, 0.4) is 0 Å². The van der Waals surface area contributed by atoms with E-state index in [2.05, 4.69) is 14.9 Å². The average molecular weight is 335 g/mol. The van der Waals surface area contributed by atoms with Crippen molar-refractivity contribution in [3.8, 4) is 0 Å². The Hall–Kier alpha value is -2.22. The van der Waals surface area contributed by atoms with Gasteiger partial charge in [-0.25, -0.2) is 14.8 Å². The highest BCUT2D eigenvalue weighted by atomic mass is 32.1. The van der Waals surface area contributed by atoms with Gasteiger partial charge in [0, 0.05) is 13.1 Å². The Labute approximate surface area is 136 Å². The lowest BCUT2D eigenvalue weighted by molar-refractivity contribution is -0.142. The van der Waals surface area contributed by atoms with E-state index in [4.69, 9.17) is 9.84 Å². The van der Waals surface area contributed by atoms with E-state index in [-0.39, 0.29) is 11.9 Å². The molecule has 0 atom stereocenters. The van der Waals surface area contributed by atoms with Gasteiger partial charge < -0.3 is 14.7 Å². The molecule has 3 heterocycles. The quantitative estimate of drug-likeness (QED) is 0.858. The molecule has 1 saturated heterocycles. The number of carbonyl (C=O) groups excluding carboxylic acids is 1. The molecular weight excluding hydrogens is 318 g/mol. The Kier molecular flexibility index (Phi) is 4.16. The van der Waals surface area contributed by atoms with Crippen LogP contribution in [0, 0.1) is 12.8 Å². The van der Waals surface area contributed by atoms with Gasteiger partial charge in [-0.15, -0.1) is 11.3 Å². The van der Waals surface area contributed by atoms with E-state index in [9.17, 15) is 9.59 Å². The van der Waals surface area contributed by atoms with Crippen molar-refractivity contribution in [2.75, 3.05) is 25.1 Å². The fourth-order valence-electron chi connectivity index (χ4n) is 2.92. The van der Waals surface area contributed by atoms with Crippen LogP contribution in [0.15, 0.2) is 6.33 Å². The summed E-state index contributed by atoms with van der Waals surface area (Å²) in [6, 6.07) is 0. The Bertz CT molecular complexity index is 765. The van der Waals surface area contributed by atoms with Crippen LogP contribution in [0.25, 0.3) is 10.2 Å². The van der Waals surface area contributed by atoms with Crippen LogP contribution >= 0.6 is 11.3 Å². The van der Waals surface area contributed by atoms with Crippen molar-refractivity contribution in [1.29, 1.82) is 0 Å². The molecule has 1 aliphatic heterocycles. The number of ether oxygens (including phenoxy) is 1. The molecule has 3 rings (SSSR count). The van der Waals surface area contributed by atoms with Gasteiger partial charge in [0.25, 0.3) is 0 Å². The molecule has 1 fully saturated rings. The number of methoxy groups -OCH3 is 1. The van der Waals surface area contributed by atoms with E-state index in [1.54, 1.807) is 0 Å². The number of nitrogens with zero attached hydrogens (tertiary/aromatic N) is 3. The van der Waals surface area contributed by atoms with E-state index in [1.165, 1.54) is 24.8 Å². The first-order valence-corrected chi connectivity index (χ1v) is 8.14. The van der Waals surface area contributed by atoms with Crippen molar-refractivity contribution in [2.24, 2.45) is 5.92 Å². The maximum atomic E-state index is 11.9. The number of anilines is 1. The van der Waals surface area contributed by atoms with E-state index < -0.39 is 5.97 Å². The molecule has 0 saturated carbocycles. The van der Waals surface area contributed by atoms with Crippen molar-refractivity contribution < 1.29 is 19.4 Å². The number of aryl methyl sites for hydroxylation is 1. The number of hydrogen-bond donors (Lipinski definition) is 1. The molecule has 1 aliphatic rings. The standard InChI is InChI=1S/C15H17N3O4S/c1-8-10-12(18-5-3-9(4-6-18)14(19)20)16-7-17-13(10)23-11(8)15(21)22-2/h7,9H,3-6H2,1-2H3,(H,19,20). The van der Waals surface area contributed by atoms with Gasteiger partial charge in [-0.05, 0) is 25.3 Å². The number of aliphatic carboxylic acids is 1. The van der Waals surface area contributed by atoms with Crippen molar-refractivity contribution in [3.05, 3.63) is 16.8 Å². The molecule has 2 aromatic rings. The lowest BCUT2D eigenvalue weighted by Crippen LogP contribution is -2.36. The van der Waals surface area contributed by atoms with Crippen molar-refractivity contribution in [1.82, 2.24) is 9.97 Å². The number of carbonyl (C=O) groups is 2. The third-order valence-electron chi connectivity index (χ3n) is 4.22. The van der Waals surface area contributed by atoms with Gasteiger partial charge in [0.2, 0.25) is 0 Å². The number of fused-ring (bicyclic) bond motifs is 1. The highest BCUT2D eigenvalue weighted by molar-refractivity contribution is 7.20. The van der Waals surface area contributed by atoms with Crippen LogP contribution in [-0.2, 0) is 9.53 Å². The zero-order valence-corrected chi connectivity index (χ0v) is 13.7. The van der Waals surface area contributed by atoms with E-state index in [0.29, 0.717) is 30.8 Å². The molecule has 0 unspecified atom stereocenters. The summed E-state index contributed by atoms with van der Waals surface area (Å²) < 4.78 is 4.82. The third-order valence-corrected chi connectivity index (χ3v) is 5.40. The zero-order valence-electron chi connectivity index (χ0n) is 12.9. The predicted molar refractivity (Wildman–Crippen MR) is 86.1 cm³/mol. The lowest BCUT2D eigenvalue weighted by atomic mass is 9.97. The van der Waals surface area contributed by atoms with Crippen molar-refractivity contribution >= 4 is 39.3 Å². The van der Waals surface area contributed by atoms with Gasteiger partial charge >= 0.3 is 11.9 Å². The number of carboxylic acid groups (broad SMARTS) is 1. The number of thiophene rings is 1. The third kappa shape index (κ3) is 2.74. The van der Waals surface area contributed by atoms with Crippen molar-refractivity contribution in [3.63, 3.8) is 0 Å². The first kappa shape index (κ1) is 15.7. The molecule has 0 radical (unpaired) electrons. The van der Waals surface area contributed by atoms with Gasteiger partial charge in [-0.1, -0.05) is 0 Å². The second-order valence-electron chi connectivity index (χ2n) is 5.52. The Morgan fingerprint density at radius 2 is 2.04 bits per heavy atom.